The molecule has 0 atom stereocenters. The number of carbonyl (C=O) groups is 2. The second-order valence-electron chi connectivity index (χ2n) is 7.22. The molecule has 2 amide bonds. The fourth-order valence-electron chi connectivity index (χ4n) is 3.78. The van der Waals surface area contributed by atoms with E-state index in [0.29, 0.717) is 28.3 Å². The van der Waals surface area contributed by atoms with Crippen LogP contribution in [-0.4, -0.2) is 21.4 Å². The molecular formula is C22H16N4O4. The Kier molecular flexibility index (Phi) is 3.66. The number of aryl methyl sites for hydroxylation is 1. The molecule has 3 N–H and O–H groups in total. The van der Waals surface area contributed by atoms with E-state index in [9.17, 15) is 14.4 Å². The molecule has 8 heteroatoms. The van der Waals surface area contributed by atoms with Crippen molar-refractivity contribution in [3.05, 3.63) is 75.1 Å². The molecule has 2 aromatic heterocycles. The lowest BCUT2D eigenvalue weighted by molar-refractivity contribution is 0.0880. The third-order valence-corrected chi connectivity index (χ3v) is 5.27. The number of aromatic nitrogens is 2. The van der Waals surface area contributed by atoms with Gasteiger partial charge in [-0.1, -0.05) is 12.1 Å². The first kappa shape index (κ1) is 17.9. The Morgan fingerprint density at radius 3 is 2.60 bits per heavy atom. The highest BCUT2D eigenvalue weighted by molar-refractivity contribution is 6.23. The van der Waals surface area contributed by atoms with Crippen LogP contribution in [0.5, 0.6) is 0 Å². The number of imide groups is 1. The van der Waals surface area contributed by atoms with Crippen molar-refractivity contribution in [2.75, 3.05) is 5.73 Å². The maximum Gasteiger partial charge on any atom is 0.262 e. The summed E-state index contributed by atoms with van der Waals surface area (Å²) < 4.78 is 7.13. The zero-order valence-electron chi connectivity index (χ0n) is 16.1. The lowest BCUT2D eigenvalue weighted by atomic mass is 10.1. The first-order valence-corrected chi connectivity index (χ1v) is 9.24. The highest BCUT2D eigenvalue weighted by atomic mass is 16.3. The molecule has 4 aromatic rings. The number of anilines is 1. The Morgan fingerprint density at radius 2 is 1.80 bits per heavy atom. The summed E-state index contributed by atoms with van der Waals surface area (Å²) in [6.07, 6.45) is 0. The van der Waals surface area contributed by atoms with Crippen LogP contribution in [0.4, 0.5) is 5.82 Å². The standard InChI is InChI=1S/C22H16N4O4/c1-10-6-7-16-14(8-10)24-22(30-16)12-4-3-5-15(11(12)2)26-17(27)9-13-18(19(26)23)21(29)25-20(13)28/h3-9H,23H2,1-2H3,(H,25,28,29). The minimum absolute atomic E-state index is 0.00161. The summed E-state index contributed by atoms with van der Waals surface area (Å²) in [5.74, 6) is -0.924. The minimum atomic E-state index is -0.627. The average molecular weight is 400 g/mol. The van der Waals surface area contributed by atoms with Gasteiger partial charge in [0, 0.05) is 11.6 Å². The van der Waals surface area contributed by atoms with Gasteiger partial charge in [-0.25, -0.2) is 4.98 Å². The van der Waals surface area contributed by atoms with Crippen molar-refractivity contribution in [1.82, 2.24) is 14.9 Å². The number of hydrogen-bond donors (Lipinski definition) is 2. The van der Waals surface area contributed by atoms with Crippen molar-refractivity contribution in [3.8, 4) is 17.1 Å². The molecule has 0 radical (unpaired) electrons. The molecule has 8 nitrogen and oxygen atoms in total. The molecule has 2 aromatic carbocycles. The van der Waals surface area contributed by atoms with Gasteiger partial charge in [-0.3, -0.25) is 24.3 Å². The first-order chi connectivity index (χ1) is 14.3. The molecule has 30 heavy (non-hydrogen) atoms. The van der Waals surface area contributed by atoms with Crippen molar-refractivity contribution in [2.45, 2.75) is 13.8 Å². The molecule has 0 fully saturated rings. The fraction of sp³-hybridized carbons (Fsp3) is 0.0909. The van der Waals surface area contributed by atoms with Gasteiger partial charge in [-0.15, -0.1) is 0 Å². The molecule has 0 saturated carbocycles. The van der Waals surface area contributed by atoms with Gasteiger partial charge in [0.2, 0.25) is 5.89 Å². The van der Waals surface area contributed by atoms with Gasteiger partial charge in [-0.05, 0) is 49.2 Å². The molecular weight excluding hydrogens is 384 g/mol. The van der Waals surface area contributed by atoms with E-state index in [2.05, 4.69) is 10.3 Å². The molecule has 148 valence electrons. The Bertz CT molecular complexity index is 1460. The Morgan fingerprint density at radius 1 is 1.00 bits per heavy atom. The smallest absolute Gasteiger partial charge is 0.262 e. The SMILES string of the molecule is Cc1ccc2oc(-c3cccc(-n4c(N)c5c(cc4=O)C(=O)NC5=O)c3C)nc2c1. The number of carbonyl (C=O) groups excluding carboxylic acids is 2. The fourth-order valence-corrected chi connectivity index (χ4v) is 3.78. The summed E-state index contributed by atoms with van der Waals surface area (Å²) in [7, 11) is 0. The van der Waals surface area contributed by atoms with E-state index in [1.165, 1.54) is 4.57 Å². The highest BCUT2D eigenvalue weighted by Gasteiger charge is 2.32. The summed E-state index contributed by atoms with van der Waals surface area (Å²) in [6, 6.07) is 12.2. The highest BCUT2D eigenvalue weighted by Crippen LogP contribution is 2.31. The number of rotatable bonds is 2. The van der Waals surface area contributed by atoms with E-state index >= 15 is 0 Å². The summed E-state index contributed by atoms with van der Waals surface area (Å²) in [5.41, 5.74) is 9.96. The number of nitrogens with one attached hydrogen (secondary N) is 1. The van der Waals surface area contributed by atoms with Crippen molar-refractivity contribution < 1.29 is 14.0 Å². The lowest BCUT2D eigenvalue weighted by Gasteiger charge is -2.15. The maximum absolute atomic E-state index is 12.8. The predicted molar refractivity (Wildman–Crippen MR) is 111 cm³/mol. The van der Waals surface area contributed by atoms with Gasteiger partial charge in [0.25, 0.3) is 17.4 Å². The zero-order valence-corrected chi connectivity index (χ0v) is 16.1. The molecule has 0 aliphatic carbocycles. The van der Waals surface area contributed by atoms with Crippen LogP contribution in [0.1, 0.15) is 31.8 Å². The largest absolute Gasteiger partial charge is 0.436 e. The molecule has 5 rings (SSSR count). The van der Waals surface area contributed by atoms with Crippen molar-refractivity contribution in [2.24, 2.45) is 0 Å². The quantitative estimate of drug-likeness (QED) is 0.499. The van der Waals surface area contributed by atoms with Crippen molar-refractivity contribution in [1.29, 1.82) is 0 Å². The topological polar surface area (TPSA) is 120 Å². The number of oxazole rings is 1. The number of amides is 2. The van der Waals surface area contributed by atoms with Crippen molar-refractivity contribution in [3.63, 3.8) is 0 Å². The Balaban J connectivity index is 1.73. The molecule has 0 saturated heterocycles. The van der Waals surface area contributed by atoms with Crippen LogP contribution in [-0.2, 0) is 0 Å². The van der Waals surface area contributed by atoms with E-state index in [1.807, 2.05) is 38.1 Å². The second kappa shape index (κ2) is 6.15. The number of nitrogen functional groups attached to an aromatic ring is 1. The first-order valence-electron chi connectivity index (χ1n) is 9.24. The van der Waals surface area contributed by atoms with E-state index in [4.69, 9.17) is 10.2 Å². The molecule has 1 aliphatic rings. The van der Waals surface area contributed by atoms with E-state index in [1.54, 1.807) is 12.1 Å². The zero-order chi connectivity index (χ0) is 21.2. The second-order valence-corrected chi connectivity index (χ2v) is 7.22. The van der Waals surface area contributed by atoms with Gasteiger partial charge < -0.3 is 10.2 Å². The molecule has 3 heterocycles. The van der Waals surface area contributed by atoms with Gasteiger partial charge >= 0.3 is 0 Å². The molecule has 0 bridgehead atoms. The van der Waals surface area contributed by atoms with E-state index < -0.39 is 17.4 Å². The van der Waals surface area contributed by atoms with Crippen LogP contribution in [0, 0.1) is 13.8 Å². The summed E-state index contributed by atoms with van der Waals surface area (Å²) in [5, 5.41) is 2.17. The number of fused-ring (bicyclic) bond motifs is 2. The van der Waals surface area contributed by atoms with E-state index in [-0.39, 0.29) is 16.9 Å². The average Bonchev–Trinajstić information content (AvgIpc) is 3.23. The summed E-state index contributed by atoms with van der Waals surface area (Å²) >= 11 is 0. The third-order valence-electron chi connectivity index (χ3n) is 5.27. The van der Waals surface area contributed by atoms with Gasteiger partial charge in [0.05, 0.1) is 16.8 Å². The molecule has 0 unspecified atom stereocenters. The van der Waals surface area contributed by atoms with Crippen LogP contribution in [0.3, 0.4) is 0 Å². The Labute approximate surface area is 169 Å². The normalized spacial score (nSPS) is 13.0. The van der Waals surface area contributed by atoms with Gasteiger partial charge in [-0.2, -0.15) is 0 Å². The number of benzene rings is 2. The number of pyridine rings is 1. The van der Waals surface area contributed by atoms with Gasteiger partial charge in [0.1, 0.15) is 11.3 Å². The van der Waals surface area contributed by atoms with Crippen LogP contribution in [0.15, 0.2) is 51.7 Å². The van der Waals surface area contributed by atoms with Crippen LogP contribution >= 0.6 is 0 Å². The monoisotopic (exact) mass is 400 g/mol. The maximum atomic E-state index is 12.8. The lowest BCUT2D eigenvalue weighted by Crippen LogP contribution is -2.24. The number of hydrogen-bond acceptors (Lipinski definition) is 6. The van der Waals surface area contributed by atoms with Crippen LogP contribution in [0.25, 0.3) is 28.2 Å². The molecule has 0 spiro atoms. The molecule has 1 aliphatic heterocycles. The summed E-state index contributed by atoms with van der Waals surface area (Å²) in [4.78, 5) is 41.4. The van der Waals surface area contributed by atoms with Gasteiger partial charge in [0.15, 0.2) is 5.58 Å². The number of nitrogens with zero attached hydrogens (tertiary/aromatic N) is 2. The summed E-state index contributed by atoms with van der Waals surface area (Å²) in [6.45, 7) is 3.79. The van der Waals surface area contributed by atoms with Crippen molar-refractivity contribution >= 4 is 28.7 Å². The van der Waals surface area contributed by atoms with Crippen LogP contribution < -0.4 is 16.6 Å². The Hall–Kier alpha value is -4.20. The predicted octanol–water partition coefficient (Wildman–Crippen LogP) is 2.73. The number of nitrogens with two attached hydrogens (primary N) is 1. The minimum Gasteiger partial charge on any atom is -0.436 e. The van der Waals surface area contributed by atoms with Crippen LogP contribution in [0.2, 0.25) is 0 Å². The third kappa shape index (κ3) is 2.47. The van der Waals surface area contributed by atoms with E-state index in [0.717, 1.165) is 17.1 Å².